The number of rotatable bonds is 6. The lowest BCUT2D eigenvalue weighted by Crippen LogP contribution is -2.30. The maximum Gasteiger partial charge on any atom is 0.254 e. The molecule has 0 bridgehead atoms. The Balaban J connectivity index is 1.57. The Morgan fingerprint density at radius 1 is 1.15 bits per heavy atom. The standard InChI is InChI=1S/C19H22N6O/c1-13-9-14(2)25(24-13)15(3)10-20-18(26)16-11-21-19(22-12-16)23-17-7-5-4-6-8-17/h4-9,11-12,15H,10H2,1-3H3,(H,20,26)(H,21,22,23)/t15-/m1/s1. The first-order chi connectivity index (χ1) is 12.5. The van der Waals surface area contributed by atoms with E-state index < -0.39 is 0 Å². The average molecular weight is 350 g/mol. The molecular weight excluding hydrogens is 328 g/mol. The van der Waals surface area contributed by atoms with Crippen molar-refractivity contribution >= 4 is 17.5 Å². The normalized spacial score (nSPS) is 11.8. The number of para-hydroxylation sites is 1. The van der Waals surface area contributed by atoms with E-state index >= 15 is 0 Å². The lowest BCUT2D eigenvalue weighted by molar-refractivity contribution is 0.0947. The predicted octanol–water partition coefficient (Wildman–Crippen LogP) is 3.02. The zero-order valence-electron chi connectivity index (χ0n) is 15.1. The smallest absolute Gasteiger partial charge is 0.254 e. The average Bonchev–Trinajstić information content (AvgIpc) is 2.99. The van der Waals surface area contributed by atoms with Crippen molar-refractivity contribution in [2.75, 3.05) is 11.9 Å². The van der Waals surface area contributed by atoms with Gasteiger partial charge in [0.05, 0.1) is 17.3 Å². The third-order valence-electron chi connectivity index (χ3n) is 3.96. The fraction of sp³-hybridized carbons (Fsp3) is 0.263. The number of anilines is 2. The van der Waals surface area contributed by atoms with Gasteiger partial charge in [0, 0.05) is 30.3 Å². The SMILES string of the molecule is Cc1cc(C)n([C@H](C)CNC(=O)c2cnc(Nc3ccccc3)nc2)n1. The van der Waals surface area contributed by atoms with Gasteiger partial charge in [-0.3, -0.25) is 9.48 Å². The second-order valence-corrected chi connectivity index (χ2v) is 6.22. The summed E-state index contributed by atoms with van der Waals surface area (Å²) in [5, 5.41) is 10.4. The molecule has 0 aliphatic rings. The summed E-state index contributed by atoms with van der Waals surface area (Å²) in [5.74, 6) is 0.244. The number of carbonyl (C=O) groups excluding carboxylic acids is 1. The van der Waals surface area contributed by atoms with Crippen LogP contribution < -0.4 is 10.6 Å². The van der Waals surface area contributed by atoms with E-state index in [0.29, 0.717) is 18.1 Å². The number of hydrogen-bond donors (Lipinski definition) is 2. The van der Waals surface area contributed by atoms with Crippen molar-refractivity contribution in [3.8, 4) is 0 Å². The van der Waals surface area contributed by atoms with Crippen molar-refractivity contribution in [1.82, 2.24) is 25.1 Å². The maximum absolute atomic E-state index is 12.3. The van der Waals surface area contributed by atoms with Gasteiger partial charge < -0.3 is 10.6 Å². The lowest BCUT2D eigenvalue weighted by atomic mass is 10.3. The van der Waals surface area contributed by atoms with E-state index in [4.69, 9.17) is 0 Å². The predicted molar refractivity (Wildman–Crippen MR) is 101 cm³/mol. The molecule has 7 heteroatoms. The second kappa shape index (κ2) is 7.77. The molecule has 2 heterocycles. The molecular formula is C19H22N6O. The first-order valence-electron chi connectivity index (χ1n) is 8.48. The fourth-order valence-corrected chi connectivity index (χ4v) is 2.68. The summed E-state index contributed by atoms with van der Waals surface area (Å²) in [6.45, 7) is 6.45. The first kappa shape index (κ1) is 17.6. The van der Waals surface area contributed by atoms with Gasteiger partial charge >= 0.3 is 0 Å². The molecule has 1 aromatic carbocycles. The Kier molecular flexibility index (Phi) is 5.26. The van der Waals surface area contributed by atoms with Crippen LogP contribution >= 0.6 is 0 Å². The Morgan fingerprint density at radius 2 is 1.85 bits per heavy atom. The number of nitrogens with one attached hydrogen (secondary N) is 2. The van der Waals surface area contributed by atoms with Gasteiger partial charge in [0.25, 0.3) is 5.91 Å². The third kappa shape index (κ3) is 4.24. The second-order valence-electron chi connectivity index (χ2n) is 6.22. The van der Waals surface area contributed by atoms with E-state index in [-0.39, 0.29) is 11.9 Å². The maximum atomic E-state index is 12.3. The number of amides is 1. The minimum Gasteiger partial charge on any atom is -0.350 e. The molecule has 0 aliphatic heterocycles. The van der Waals surface area contributed by atoms with Crippen LogP contribution in [0.4, 0.5) is 11.6 Å². The van der Waals surface area contributed by atoms with Crippen LogP contribution in [-0.4, -0.2) is 32.2 Å². The molecule has 0 saturated carbocycles. The Morgan fingerprint density at radius 3 is 2.46 bits per heavy atom. The van der Waals surface area contributed by atoms with Gasteiger partial charge in [0.2, 0.25) is 5.95 Å². The van der Waals surface area contributed by atoms with Crippen LogP contribution in [0.15, 0.2) is 48.8 Å². The highest BCUT2D eigenvalue weighted by atomic mass is 16.1. The number of nitrogens with zero attached hydrogens (tertiary/aromatic N) is 4. The molecule has 0 saturated heterocycles. The van der Waals surface area contributed by atoms with Gasteiger partial charge in [-0.1, -0.05) is 18.2 Å². The minimum atomic E-state index is -0.204. The molecule has 7 nitrogen and oxygen atoms in total. The number of carbonyl (C=O) groups is 1. The number of aromatic nitrogens is 4. The number of benzene rings is 1. The molecule has 0 fully saturated rings. The van der Waals surface area contributed by atoms with Crippen LogP contribution in [0.25, 0.3) is 0 Å². The highest BCUT2D eigenvalue weighted by Gasteiger charge is 2.12. The van der Waals surface area contributed by atoms with Crippen molar-refractivity contribution in [2.45, 2.75) is 26.8 Å². The van der Waals surface area contributed by atoms with E-state index in [0.717, 1.165) is 17.1 Å². The van der Waals surface area contributed by atoms with Crippen molar-refractivity contribution < 1.29 is 4.79 Å². The van der Waals surface area contributed by atoms with Gasteiger partial charge in [-0.05, 0) is 39.0 Å². The molecule has 134 valence electrons. The summed E-state index contributed by atoms with van der Waals surface area (Å²) in [6.07, 6.45) is 3.03. The van der Waals surface area contributed by atoms with E-state index in [1.165, 1.54) is 12.4 Å². The zero-order chi connectivity index (χ0) is 18.5. The summed E-state index contributed by atoms with van der Waals surface area (Å²) in [4.78, 5) is 20.7. The lowest BCUT2D eigenvalue weighted by Gasteiger charge is -2.15. The molecule has 0 radical (unpaired) electrons. The largest absolute Gasteiger partial charge is 0.350 e. The molecule has 2 aromatic heterocycles. The Bertz CT molecular complexity index is 873. The number of aryl methyl sites for hydroxylation is 2. The van der Waals surface area contributed by atoms with Crippen LogP contribution in [0.5, 0.6) is 0 Å². The molecule has 3 rings (SSSR count). The molecule has 0 aliphatic carbocycles. The topological polar surface area (TPSA) is 84.7 Å². The van der Waals surface area contributed by atoms with Gasteiger partial charge in [-0.25, -0.2) is 9.97 Å². The van der Waals surface area contributed by atoms with Crippen molar-refractivity contribution in [3.63, 3.8) is 0 Å². The quantitative estimate of drug-likeness (QED) is 0.714. The van der Waals surface area contributed by atoms with Crippen LogP contribution in [0.2, 0.25) is 0 Å². The molecule has 2 N–H and O–H groups in total. The van der Waals surface area contributed by atoms with Crippen LogP contribution in [0.3, 0.4) is 0 Å². The summed E-state index contributed by atoms with van der Waals surface area (Å²) in [7, 11) is 0. The van der Waals surface area contributed by atoms with Crippen molar-refractivity contribution in [2.24, 2.45) is 0 Å². The summed E-state index contributed by atoms with van der Waals surface area (Å²) < 4.78 is 1.92. The zero-order valence-corrected chi connectivity index (χ0v) is 15.1. The van der Waals surface area contributed by atoms with Crippen molar-refractivity contribution in [3.05, 3.63) is 65.7 Å². The molecule has 1 atom stereocenters. The van der Waals surface area contributed by atoms with E-state index in [2.05, 4.69) is 25.7 Å². The third-order valence-corrected chi connectivity index (χ3v) is 3.96. The van der Waals surface area contributed by atoms with Gasteiger partial charge in [-0.2, -0.15) is 5.10 Å². The van der Waals surface area contributed by atoms with Crippen LogP contribution in [0.1, 0.15) is 34.7 Å². The van der Waals surface area contributed by atoms with E-state index in [9.17, 15) is 4.79 Å². The van der Waals surface area contributed by atoms with Crippen LogP contribution in [-0.2, 0) is 0 Å². The first-order valence-corrected chi connectivity index (χ1v) is 8.48. The van der Waals surface area contributed by atoms with Crippen molar-refractivity contribution in [1.29, 1.82) is 0 Å². The summed E-state index contributed by atoms with van der Waals surface area (Å²) in [6, 6.07) is 11.7. The minimum absolute atomic E-state index is 0.0626. The Labute approximate surface area is 152 Å². The highest BCUT2D eigenvalue weighted by molar-refractivity contribution is 5.93. The molecule has 3 aromatic rings. The monoisotopic (exact) mass is 350 g/mol. The molecule has 1 amide bonds. The van der Waals surface area contributed by atoms with Crippen LogP contribution in [0, 0.1) is 13.8 Å². The van der Waals surface area contributed by atoms with Gasteiger partial charge in [0.1, 0.15) is 0 Å². The Hall–Kier alpha value is -3.22. The van der Waals surface area contributed by atoms with Gasteiger partial charge in [-0.15, -0.1) is 0 Å². The van der Waals surface area contributed by atoms with E-state index in [1.807, 2.05) is 61.9 Å². The molecule has 26 heavy (non-hydrogen) atoms. The molecule has 0 unspecified atom stereocenters. The molecule has 0 spiro atoms. The van der Waals surface area contributed by atoms with E-state index in [1.54, 1.807) is 0 Å². The highest BCUT2D eigenvalue weighted by Crippen LogP contribution is 2.12. The number of hydrogen-bond acceptors (Lipinski definition) is 5. The van der Waals surface area contributed by atoms with Gasteiger partial charge in [0.15, 0.2) is 0 Å². The summed E-state index contributed by atoms with van der Waals surface area (Å²) in [5.41, 5.74) is 3.35. The fourth-order valence-electron chi connectivity index (χ4n) is 2.68. The summed E-state index contributed by atoms with van der Waals surface area (Å²) >= 11 is 0.